The summed E-state index contributed by atoms with van der Waals surface area (Å²) in [4.78, 5) is 88.3. The topological polar surface area (TPSA) is 200 Å². The molecule has 4 aliphatic heterocycles. The molecule has 19 heteroatoms. The molecule has 2 aromatic heterocycles. The number of carboxylic acids is 1. The van der Waals surface area contributed by atoms with Crippen LogP contribution in [0.1, 0.15) is 139 Å². The minimum atomic E-state index is -1.36. The Bertz CT molecular complexity index is 2940. The van der Waals surface area contributed by atoms with Crippen LogP contribution in [-0.4, -0.2) is 115 Å². The Kier molecular flexibility index (Phi) is 15.1. The van der Waals surface area contributed by atoms with Gasteiger partial charge in [0.1, 0.15) is 17.5 Å². The number of hydrogen-bond donors (Lipinski definition) is 5. The monoisotopic (exact) mass is 1070 g/mol. The molecule has 0 radical (unpaired) electrons. The fraction of sp³-hybridized carbons (Fsp3) is 0.589. The first-order valence-electron chi connectivity index (χ1n) is 27.1. The smallest absolute Gasteiger partial charge is 0.329 e. The van der Waals surface area contributed by atoms with Crippen molar-refractivity contribution in [2.45, 2.75) is 158 Å². The number of amides is 4. The maximum Gasteiger partial charge on any atom is 0.329 e. The number of nitrogens with zero attached hydrogens (tertiary/aromatic N) is 5. The first-order chi connectivity index (χ1) is 35.9. The molecule has 2 saturated carbocycles. The van der Waals surface area contributed by atoms with Crippen LogP contribution in [0.25, 0.3) is 11.0 Å². The number of benzene rings is 2. The van der Waals surface area contributed by atoms with Gasteiger partial charge in [0.2, 0.25) is 23.6 Å². The van der Waals surface area contributed by atoms with Crippen LogP contribution in [0.2, 0.25) is 10.2 Å². The number of pyridine rings is 1. The van der Waals surface area contributed by atoms with Crippen LogP contribution in [0.5, 0.6) is 0 Å². The van der Waals surface area contributed by atoms with Crippen LogP contribution in [0, 0.1) is 17.2 Å². The molecule has 6 aliphatic rings. The Morgan fingerprint density at radius 1 is 0.880 bits per heavy atom. The highest BCUT2D eigenvalue weighted by molar-refractivity contribution is 6.31. The summed E-state index contributed by atoms with van der Waals surface area (Å²) in [5, 5.41) is 23.1. The second-order valence-electron chi connectivity index (χ2n) is 23.2. The number of hydrogen-bond acceptors (Lipinski definition) is 10. The number of aromatic nitrogens is 3. The highest BCUT2D eigenvalue weighted by Crippen LogP contribution is 2.64. The van der Waals surface area contributed by atoms with Crippen molar-refractivity contribution in [3.63, 3.8) is 0 Å². The van der Waals surface area contributed by atoms with Gasteiger partial charge in [0.25, 0.3) is 0 Å². The number of imide groups is 1. The molecule has 75 heavy (non-hydrogen) atoms. The van der Waals surface area contributed by atoms with Crippen molar-refractivity contribution in [1.82, 2.24) is 39.9 Å². The number of carbonyl (C=O) groups is 5. The fourth-order valence-electron chi connectivity index (χ4n) is 14.0. The van der Waals surface area contributed by atoms with Gasteiger partial charge in [-0.1, -0.05) is 68.4 Å². The van der Waals surface area contributed by atoms with Crippen molar-refractivity contribution in [3.05, 3.63) is 91.8 Å². The quantitative estimate of drug-likeness (QED) is 0.0452. The molecule has 6 heterocycles. The number of rotatable bonds is 15. The molecule has 5 fully saturated rings. The average Bonchev–Trinajstić information content (AvgIpc) is 4.18. The van der Waals surface area contributed by atoms with Crippen molar-refractivity contribution in [3.8, 4) is 0 Å². The van der Waals surface area contributed by atoms with E-state index in [1.807, 2.05) is 24.3 Å². The van der Waals surface area contributed by atoms with Gasteiger partial charge in [0.15, 0.2) is 11.0 Å². The molecule has 16 nitrogen and oxygen atoms in total. The van der Waals surface area contributed by atoms with Gasteiger partial charge in [0, 0.05) is 74.1 Å². The van der Waals surface area contributed by atoms with E-state index < -0.39 is 52.7 Å². The van der Waals surface area contributed by atoms with Gasteiger partial charge >= 0.3 is 11.7 Å². The van der Waals surface area contributed by atoms with E-state index in [0.29, 0.717) is 73.5 Å². The molecule has 5 atom stereocenters. The summed E-state index contributed by atoms with van der Waals surface area (Å²) in [5.74, 6) is -3.59. The van der Waals surface area contributed by atoms with Crippen LogP contribution in [0.3, 0.4) is 0 Å². The summed E-state index contributed by atoms with van der Waals surface area (Å²) in [5.41, 5.74) is 1.48. The number of piperidine rings is 1. The SMILES string of the molecule is Cn1c(=O)n(C2CCC(=O)NC2=O)c2ccc(CCCCCCCN3CCN(CC4CCC(NC(=O)[C@@H]5NC6(CCC(C)(C)CC6)[C@@]6(C(=O)Nc7cc(Cl)ccc76)[C@H]5c5ccnc(Cl)c5F)CC4)[C@H](C(=O)O)C3)cc21. The average molecular weight is 1070 g/mol. The van der Waals surface area contributed by atoms with E-state index in [4.69, 9.17) is 23.2 Å². The van der Waals surface area contributed by atoms with Crippen LogP contribution in [0.4, 0.5) is 10.1 Å². The normalized spacial score (nSPS) is 27.7. The molecule has 2 aliphatic carbocycles. The van der Waals surface area contributed by atoms with E-state index in [-0.39, 0.29) is 57.9 Å². The Hall–Kier alpha value is -5.20. The van der Waals surface area contributed by atoms with Crippen molar-refractivity contribution < 1.29 is 33.5 Å². The summed E-state index contributed by atoms with van der Waals surface area (Å²) >= 11 is 12.8. The number of imidazole rings is 1. The zero-order valence-corrected chi connectivity index (χ0v) is 44.7. The number of aryl methyl sites for hydroxylation is 2. The fourth-order valence-corrected chi connectivity index (χ4v) is 14.3. The van der Waals surface area contributed by atoms with Gasteiger partial charge in [-0.2, -0.15) is 0 Å². The Morgan fingerprint density at radius 2 is 1.63 bits per heavy atom. The number of fused-ring (bicyclic) bond motifs is 4. The number of unbranched alkanes of at least 4 members (excludes halogenated alkanes) is 4. The number of piperazine rings is 1. The number of carboxylic acid groups (broad SMARTS) is 1. The van der Waals surface area contributed by atoms with Gasteiger partial charge in [-0.25, -0.2) is 14.2 Å². The standard InChI is InChI=1S/C56H70Cl2FN9O7/c1-54(2)21-23-55(24-22-54)56(38-16-13-35(57)30-39(38)62-52(56)74)45(37-20-25-60-48(58)46(37)59)47(64-55)50(71)61-36-14-10-34(11-15-36)31-67-28-27-66(32-43(67)51(72)73)26-8-6-4-5-7-9-33-12-17-40-42(29-33)65(3)53(75)68(40)41-18-19-44(69)63-49(41)70/h12-13,16-17,20,25,29-30,34,36,41,43,45,47,64H,4-11,14-15,18-19,21-24,26-28,31-32H2,1-3H3,(H,61,71)(H,62,74)(H,72,73)(H,63,69,70)/t34?,36?,41?,43-,45-,47+,56+/m0/s1. The minimum Gasteiger partial charge on any atom is -0.480 e. The van der Waals surface area contributed by atoms with Crippen LogP contribution < -0.4 is 27.0 Å². The van der Waals surface area contributed by atoms with Crippen molar-refractivity contribution in [2.24, 2.45) is 18.4 Å². The number of nitrogens with one attached hydrogen (secondary N) is 4. The van der Waals surface area contributed by atoms with Gasteiger partial charge in [-0.05, 0) is 142 Å². The lowest BCUT2D eigenvalue weighted by Gasteiger charge is -2.50. The molecule has 5 N–H and O–H groups in total. The van der Waals surface area contributed by atoms with E-state index in [9.17, 15) is 33.9 Å². The molecular formula is C56H70Cl2FN9O7. The van der Waals surface area contributed by atoms with Crippen LogP contribution >= 0.6 is 23.2 Å². The van der Waals surface area contributed by atoms with Gasteiger partial charge in [0.05, 0.1) is 17.1 Å². The summed E-state index contributed by atoms with van der Waals surface area (Å²) in [6.45, 7) is 7.91. The molecule has 2 spiro atoms. The van der Waals surface area contributed by atoms with E-state index in [1.54, 1.807) is 29.8 Å². The van der Waals surface area contributed by atoms with Gasteiger partial charge in [-0.3, -0.25) is 53.5 Å². The largest absolute Gasteiger partial charge is 0.480 e. The molecule has 4 amide bonds. The maximum atomic E-state index is 16.4. The van der Waals surface area contributed by atoms with Crippen molar-refractivity contribution in [2.75, 3.05) is 38.0 Å². The predicted molar refractivity (Wildman–Crippen MR) is 284 cm³/mol. The third-order valence-electron chi connectivity index (χ3n) is 18.1. The molecule has 2 aromatic carbocycles. The Balaban J connectivity index is 0.709. The molecule has 10 rings (SSSR count). The zero-order chi connectivity index (χ0) is 53.0. The number of anilines is 1. The number of carbonyl (C=O) groups excluding carboxylic acids is 4. The van der Waals surface area contributed by atoms with Gasteiger partial charge < -0.3 is 15.7 Å². The second-order valence-corrected chi connectivity index (χ2v) is 24.0. The third kappa shape index (κ3) is 10.0. The lowest BCUT2D eigenvalue weighted by Crippen LogP contribution is -2.61. The Morgan fingerprint density at radius 3 is 2.37 bits per heavy atom. The summed E-state index contributed by atoms with van der Waals surface area (Å²) < 4.78 is 19.5. The van der Waals surface area contributed by atoms with Crippen LogP contribution in [-0.2, 0) is 42.9 Å². The highest BCUT2D eigenvalue weighted by Gasteiger charge is 2.73. The third-order valence-corrected chi connectivity index (χ3v) is 18.6. The number of halogens is 3. The predicted octanol–water partition coefficient (Wildman–Crippen LogP) is 7.38. The summed E-state index contributed by atoms with van der Waals surface area (Å²) in [7, 11) is 1.71. The maximum absolute atomic E-state index is 16.4. The number of aliphatic carboxylic acids is 1. The summed E-state index contributed by atoms with van der Waals surface area (Å²) in [6, 6.07) is 10.4. The first-order valence-corrected chi connectivity index (χ1v) is 27.9. The lowest BCUT2D eigenvalue weighted by molar-refractivity contribution is -0.146. The van der Waals surface area contributed by atoms with Crippen molar-refractivity contribution in [1.29, 1.82) is 0 Å². The molecule has 4 aromatic rings. The Labute approximate surface area is 446 Å². The van der Waals surface area contributed by atoms with E-state index in [2.05, 4.69) is 49.9 Å². The van der Waals surface area contributed by atoms with Gasteiger partial charge in [-0.15, -0.1) is 0 Å². The van der Waals surface area contributed by atoms with E-state index >= 15 is 4.39 Å². The van der Waals surface area contributed by atoms with E-state index in [1.165, 1.54) is 10.8 Å². The first kappa shape index (κ1) is 53.2. The highest BCUT2D eigenvalue weighted by atomic mass is 35.5. The van der Waals surface area contributed by atoms with Crippen molar-refractivity contribution >= 4 is 69.5 Å². The van der Waals surface area contributed by atoms with E-state index in [0.717, 1.165) is 88.4 Å². The molecule has 3 saturated heterocycles. The zero-order valence-electron chi connectivity index (χ0n) is 43.2. The minimum absolute atomic E-state index is 0.0124. The lowest BCUT2D eigenvalue weighted by atomic mass is 9.53. The summed E-state index contributed by atoms with van der Waals surface area (Å²) in [6.07, 6.45) is 13.8. The molecular weight excluding hydrogens is 1000 g/mol. The second kappa shape index (κ2) is 21.3. The van der Waals surface area contributed by atoms with Crippen LogP contribution in [0.15, 0.2) is 53.5 Å². The molecule has 1 unspecified atom stereocenters. The molecule has 402 valence electrons. The molecule has 0 bridgehead atoms.